The number of hydrogen-bond acceptors (Lipinski definition) is 6. The van der Waals surface area contributed by atoms with Crippen molar-refractivity contribution in [2.45, 2.75) is 26.9 Å². The van der Waals surface area contributed by atoms with Crippen LogP contribution in [0.25, 0.3) is 0 Å². The van der Waals surface area contributed by atoms with Gasteiger partial charge in [0.05, 0.1) is 25.5 Å². The van der Waals surface area contributed by atoms with Crippen molar-refractivity contribution in [2.75, 3.05) is 0 Å². The van der Waals surface area contributed by atoms with Crippen LogP contribution >= 0.6 is 15.9 Å². The molecule has 0 saturated heterocycles. The van der Waals surface area contributed by atoms with Gasteiger partial charge in [-0.2, -0.15) is 24.9 Å². The summed E-state index contributed by atoms with van der Waals surface area (Å²) in [5.74, 6) is 0. The summed E-state index contributed by atoms with van der Waals surface area (Å²) in [6.45, 7) is 5.32. The van der Waals surface area contributed by atoms with Crippen LogP contribution in [0.3, 0.4) is 0 Å². The smallest absolute Gasteiger partial charge is 0.422 e. The second-order valence-corrected chi connectivity index (χ2v) is 4.00. The molecule has 2 aromatic heterocycles. The zero-order valence-electron chi connectivity index (χ0n) is 10.1. The number of halogens is 1. The lowest BCUT2D eigenvalue weighted by atomic mass is 9.87. The van der Waals surface area contributed by atoms with Crippen molar-refractivity contribution in [1.29, 1.82) is 0 Å². The van der Waals surface area contributed by atoms with Gasteiger partial charge < -0.3 is 10.0 Å². The maximum absolute atomic E-state index is 8.57. The monoisotopic (exact) mass is 316 g/mol. The summed E-state index contributed by atoms with van der Waals surface area (Å²) in [7, 11) is -1.51. The van der Waals surface area contributed by atoms with Gasteiger partial charge in [-0.3, -0.25) is 0 Å². The van der Waals surface area contributed by atoms with E-state index in [0.717, 1.165) is 11.1 Å². The standard InChI is InChI=1S/C4H8BN3O2.C4H6BrN3/c1-2-8-6-3-4(7-8)5(9)10;1-2-8-6-3-4(5)7-8/h3,9-10H,2H2,1H3;3H,2H2,1H3. The Morgan fingerprint density at radius 3 is 1.94 bits per heavy atom. The Labute approximate surface area is 113 Å². The topological polar surface area (TPSA) is 102 Å². The van der Waals surface area contributed by atoms with Gasteiger partial charge >= 0.3 is 7.12 Å². The highest BCUT2D eigenvalue weighted by molar-refractivity contribution is 9.10. The average Bonchev–Trinajstić information content (AvgIpc) is 2.97. The summed E-state index contributed by atoms with van der Waals surface area (Å²) < 4.78 is 0.791. The van der Waals surface area contributed by atoms with Gasteiger partial charge in [0.1, 0.15) is 10.2 Å². The number of hydrogen-bond donors (Lipinski definition) is 2. The van der Waals surface area contributed by atoms with Gasteiger partial charge in [0.25, 0.3) is 0 Å². The van der Waals surface area contributed by atoms with Crippen molar-refractivity contribution < 1.29 is 10.0 Å². The molecular weight excluding hydrogens is 303 g/mol. The molecule has 0 amide bonds. The summed E-state index contributed by atoms with van der Waals surface area (Å²) in [4.78, 5) is 3.00. The normalized spacial score (nSPS) is 9.83. The molecule has 0 aliphatic heterocycles. The van der Waals surface area contributed by atoms with Gasteiger partial charge in [-0.25, -0.2) is 0 Å². The Kier molecular flexibility index (Phi) is 5.95. The van der Waals surface area contributed by atoms with E-state index in [1.54, 1.807) is 11.0 Å². The van der Waals surface area contributed by atoms with Crippen LogP contribution in [0.4, 0.5) is 0 Å². The van der Waals surface area contributed by atoms with E-state index in [9.17, 15) is 0 Å². The Morgan fingerprint density at radius 1 is 1.11 bits per heavy atom. The van der Waals surface area contributed by atoms with Crippen molar-refractivity contribution in [1.82, 2.24) is 30.0 Å². The van der Waals surface area contributed by atoms with Crippen LogP contribution < -0.4 is 5.59 Å². The lowest BCUT2D eigenvalue weighted by Gasteiger charge is -1.89. The van der Waals surface area contributed by atoms with E-state index in [2.05, 4.69) is 36.3 Å². The summed E-state index contributed by atoms with van der Waals surface area (Å²) >= 11 is 3.18. The number of rotatable bonds is 3. The van der Waals surface area contributed by atoms with Gasteiger partial charge in [-0.1, -0.05) is 0 Å². The molecule has 8 nitrogen and oxygen atoms in total. The van der Waals surface area contributed by atoms with Crippen LogP contribution in [-0.2, 0) is 13.1 Å². The molecule has 0 fully saturated rings. The molecule has 18 heavy (non-hydrogen) atoms. The fourth-order valence-electron chi connectivity index (χ4n) is 1.01. The summed E-state index contributed by atoms with van der Waals surface area (Å²) in [5.41, 5.74) is 0.182. The largest absolute Gasteiger partial charge is 0.511 e. The minimum atomic E-state index is -1.51. The summed E-state index contributed by atoms with van der Waals surface area (Å²) in [6, 6.07) is 0. The van der Waals surface area contributed by atoms with E-state index < -0.39 is 7.12 Å². The van der Waals surface area contributed by atoms with Crippen LogP contribution in [0.1, 0.15) is 13.8 Å². The van der Waals surface area contributed by atoms with Gasteiger partial charge in [0, 0.05) is 0 Å². The highest BCUT2D eigenvalue weighted by atomic mass is 79.9. The molecule has 0 atom stereocenters. The first-order valence-electron chi connectivity index (χ1n) is 5.38. The van der Waals surface area contributed by atoms with E-state index in [-0.39, 0.29) is 5.59 Å². The van der Waals surface area contributed by atoms with Gasteiger partial charge in [0.15, 0.2) is 0 Å². The van der Waals surface area contributed by atoms with Crippen LogP contribution in [0.5, 0.6) is 0 Å². The van der Waals surface area contributed by atoms with Crippen LogP contribution in [0.2, 0.25) is 0 Å². The Balaban J connectivity index is 0.000000184. The van der Waals surface area contributed by atoms with E-state index in [1.807, 2.05) is 13.8 Å². The molecule has 2 N–H and O–H groups in total. The maximum atomic E-state index is 8.57. The molecule has 0 aliphatic rings. The quantitative estimate of drug-likeness (QED) is 0.707. The molecule has 0 spiro atoms. The summed E-state index contributed by atoms with van der Waals surface area (Å²) in [6.07, 6.45) is 3.00. The first-order valence-corrected chi connectivity index (χ1v) is 6.17. The molecule has 0 aromatic carbocycles. The molecule has 0 aliphatic carbocycles. The zero-order valence-corrected chi connectivity index (χ0v) is 11.7. The zero-order chi connectivity index (χ0) is 13.5. The molecule has 0 radical (unpaired) electrons. The van der Waals surface area contributed by atoms with E-state index in [4.69, 9.17) is 10.0 Å². The fourth-order valence-corrected chi connectivity index (χ4v) is 1.28. The van der Waals surface area contributed by atoms with Gasteiger partial charge in [0.2, 0.25) is 0 Å². The average molecular weight is 317 g/mol. The molecule has 0 bridgehead atoms. The Bertz CT molecular complexity index is 474. The summed E-state index contributed by atoms with van der Waals surface area (Å²) in [5, 5.41) is 32.5. The van der Waals surface area contributed by atoms with E-state index in [0.29, 0.717) is 6.54 Å². The molecule has 2 rings (SSSR count). The highest BCUT2D eigenvalue weighted by Crippen LogP contribution is 1.99. The molecular formula is C8H14BBrN6O2. The van der Waals surface area contributed by atoms with E-state index in [1.165, 1.54) is 11.0 Å². The first-order chi connectivity index (χ1) is 8.56. The third kappa shape index (κ3) is 4.55. The second kappa shape index (κ2) is 7.24. The highest BCUT2D eigenvalue weighted by Gasteiger charge is 2.14. The SMILES string of the molecule is CCn1ncc(B(O)O)n1.CCn1ncc(Br)n1. The minimum absolute atomic E-state index is 0.182. The lowest BCUT2D eigenvalue weighted by Crippen LogP contribution is -2.31. The van der Waals surface area contributed by atoms with Crippen LogP contribution in [0.15, 0.2) is 17.0 Å². The third-order valence-corrected chi connectivity index (χ3v) is 2.26. The molecule has 2 heterocycles. The number of aromatic nitrogens is 6. The van der Waals surface area contributed by atoms with Crippen LogP contribution in [-0.4, -0.2) is 47.2 Å². The predicted octanol–water partition coefficient (Wildman–Crippen LogP) is -0.962. The van der Waals surface area contributed by atoms with Crippen molar-refractivity contribution in [3.8, 4) is 0 Å². The second-order valence-electron chi connectivity index (χ2n) is 3.19. The Hall–Kier alpha value is -1.26. The Morgan fingerprint density at radius 2 is 1.67 bits per heavy atom. The first kappa shape index (κ1) is 14.8. The molecule has 10 heteroatoms. The van der Waals surface area contributed by atoms with Crippen molar-refractivity contribution in [3.05, 3.63) is 17.0 Å². The van der Waals surface area contributed by atoms with Crippen molar-refractivity contribution in [3.63, 3.8) is 0 Å². The number of aryl methyl sites for hydroxylation is 2. The van der Waals surface area contributed by atoms with Crippen LogP contribution in [0, 0.1) is 0 Å². The van der Waals surface area contributed by atoms with E-state index >= 15 is 0 Å². The molecule has 0 unspecified atom stereocenters. The van der Waals surface area contributed by atoms with Crippen molar-refractivity contribution >= 4 is 28.6 Å². The predicted molar refractivity (Wildman–Crippen MR) is 68.9 cm³/mol. The third-order valence-electron chi connectivity index (χ3n) is 1.89. The minimum Gasteiger partial charge on any atom is -0.422 e. The molecule has 0 saturated carbocycles. The maximum Gasteiger partial charge on any atom is 0.511 e. The lowest BCUT2D eigenvalue weighted by molar-refractivity contribution is 0.423. The van der Waals surface area contributed by atoms with Gasteiger partial charge in [-0.05, 0) is 29.8 Å². The molecule has 98 valence electrons. The number of nitrogens with zero attached hydrogens (tertiary/aromatic N) is 6. The van der Waals surface area contributed by atoms with Gasteiger partial charge in [-0.15, -0.1) is 5.10 Å². The molecule has 2 aromatic rings. The fraction of sp³-hybridized carbons (Fsp3) is 0.500. The van der Waals surface area contributed by atoms with Crippen molar-refractivity contribution in [2.24, 2.45) is 0 Å².